The summed E-state index contributed by atoms with van der Waals surface area (Å²) in [7, 11) is 0. The molecule has 0 heterocycles. The number of ether oxygens (including phenoxy) is 2. The van der Waals surface area contributed by atoms with Gasteiger partial charge in [-0.1, -0.05) is 0 Å². The van der Waals surface area contributed by atoms with Gasteiger partial charge in [-0.25, -0.2) is 12.1 Å². The molecule has 0 saturated carbocycles. The maximum absolute atomic E-state index is 7.57. The van der Waals surface area contributed by atoms with Crippen LogP contribution in [0.1, 0.15) is 55.4 Å². The van der Waals surface area contributed by atoms with Gasteiger partial charge in [0.2, 0.25) is 0 Å². The Kier molecular flexibility index (Phi) is 136. The second-order valence-corrected chi connectivity index (χ2v) is 4.75. The van der Waals surface area contributed by atoms with Gasteiger partial charge in [-0.2, -0.15) is 18.2 Å². The van der Waals surface area contributed by atoms with Crippen LogP contribution in [-0.4, -0.2) is 73.3 Å². The minimum absolute atomic E-state index is 0. The van der Waals surface area contributed by atoms with Gasteiger partial charge in [-0.15, -0.1) is 0 Å². The number of aliphatic hydroxyl groups excluding tert-OH is 4. The SMILES string of the molecule is CCO.CCO.CCO.CCO.CCOCC.CCOCC.[Zr].[Zr].[cH-]1[cH-][cH-][cH-][cH-]1.c1cc[cH-]c1. The molecule has 0 fully saturated rings. The first kappa shape index (κ1) is 54.9. The molecule has 0 aliphatic carbocycles. The number of hydrogen-bond donors (Lipinski definition) is 4. The van der Waals surface area contributed by atoms with E-state index in [1.54, 1.807) is 27.7 Å². The molecule has 208 valence electrons. The summed E-state index contributed by atoms with van der Waals surface area (Å²) in [4.78, 5) is 0. The quantitative estimate of drug-likeness (QED) is 0.354. The van der Waals surface area contributed by atoms with Crippen LogP contribution in [0.25, 0.3) is 0 Å². The first-order valence-corrected chi connectivity index (χ1v) is 11.4. The summed E-state index contributed by atoms with van der Waals surface area (Å²) in [5.74, 6) is 0. The predicted octanol–water partition coefficient (Wildman–Crippen LogP) is 4.89. The third-order valence-corrected chi connectivity index (χ3v) is 1.93. The molecule has 2 rings (SSSR count). The number of rotatable bonds is 4. The number of hydrogen-bond acceptors (Lipinski definition) is 6. The second kappa shape index (κ2) is 84.3. The third kappa shape index (κ3) is 155. The van der Waals surface area contributed by atoms with Crippen molar-refractivity contribution in [2.24, 2.45) is 0 Å². The summed E-state index contributed by atoms with van der Waals surface area (Å²) < 4.78 is 9.67. The smallest absolute Gasteiger partial charge is 0.0437 e. The molecule has 0 amide bonds. The predicted molar refractivity (Wildman–Crippen MR) is 139 cm³/mol. The topological polar surface area (TPSA) is 99.4 Å². The van der Waals surface area contributed by atoms with Crippen molar-refractivity contribution in [3.8, 4) is 0 Å². The molecule has 0 bridgehead atoms. The van der Waals surface area contributed by atoms with Crippen LogP contribution in [-0.2, 0) is 61.9 Å². The Morgan fingerprint density at radius 1 is 0.471 bits per heavy atom. The first-order chi connectivity index (χ1) is 15.5. The van der Waals surface area contributed by atoms with E-state index < -0.39 is 0 Å². The average molecular weight is 645 g/mol. The van der Waals surface area contributed by atoms with Gasteiger partial charge in [-0.3, -0.25) is 0 Å². The minimum atomic E-state index is 0. The Bertz CT molecular complexity index is 283. The zero-order valence-corrected chi connectivity index (χ0v) is 28.0. The zero-order valence-electron chi connectivity index (χ0n) is 23.0. The molecule has 0 aromatic heterocycles. The van der Waals surface area contributed by atoms with Gasteiger partial charge < -0.3 is 60.2 Å². The van der Waals surface area contributed by atoms with E-state index in [9.17, 15) is 0 Å². The van der Waals surface area contributed by atoms with E-state index in [0.29, 0.717) is 0 Å². The maximum Gasteiger partial charge on any atom is 0.0437 e. The molecule has 8 heteroatoms. The fourth-order valence-electron chi connectivity index (χ4n) is 1.05. The molecule has 4 N–H and O–H groups in total. The summed E-state index contributed by atoms with van der Waals surface area (Å²) in [5.41, 5.74) is 0. The maximum atomic E-state index is 7.57. The van der Waals surface area contributed by atoms with Crippen molar-refractivity contribution in [2.45, 2.75) is 55.4 Å². The molecule has 0 unspecified atom stereocenters. The monoisotopic (exact) mass is 642 g/mol. The normalized spacial score (nSPS) is 6.94. The first-order valence-electron chi connectivity index (χ1n) is 11.4. The molecule has 0 radical (unpaired) electrons. The van der Waals surface area contributed by atoms with E-state index in [1.165, 1.54) is 0 Å². The van der Waals surface area contributed by atoms with Crippen molar-refractivity contribution < 1.29 is 82.3 Å². The molecule has 0 aliphatic rings. The van der Waals surface area contributed by atoms with Gasteiger partial charge in [0.05, 0.1) is 0 Å². The summed E-state index contributed by atoms with van der Waals surface area (Å²) >= 11 is 0. The van der Waals surface area contributed by atoms with E-state index in [2.05, 4.69) is 0 Å². The Morgan fingerprint density at radius 2 is 0.647 bits per heavy atom. The fourth-order valence-corrected chi connectivity index (χ4v) is 1.05. The van der Waals surface area contributed by atoms with Crippen LogP contribution < -0.4 is 0 Å². The van der Waals surface area contributed by atoms with Crippen LogP contribution in [0.3, 0.4) is 0 Å². The number of aliphatic hydroxyl groups is 4. The zero-order chi connectivity index (χ0) is 26.1. The molecule has 0 spiro atoms. The van der Waals surface area contributed by atoms with Gasteiger partial charge in [-0.05, 0) is 55.4 Å². The molecule has 6 nitrogen and oxygen atoms in total. The summed E-state index contributed by atoms with van der Waals surface area (Å²) in [6.45, 7) is 19.1. The van der Waals surface area contributed by atoms with E-state index in [0.717, 1.165) is 26.4 Å². The molecule has 2 aromatic rings. The van der Waals surface area contributed by atoms with Crippen molar-refractivity contribution in [3.63, 3.8) is 0 Å². The molecular formula is C26H54O6Zr2-6. The minimum Gasteiger partial charge on any atom is -0.748 e. The van der Waals surface area contributed by atoms with Gasteiger partial charge >= 0.3 is 0 Å². The van der Waals surface area contributed by atoms with E-state index in [4.69, 9.17) is 29.9 Å². The van der Waals surface area contributed by atoms with Gasteiger partial charge in [0.25, 0.3) is 0 Å². The third-order valence-electron chi connectivity index (χ3n) is 1.93. The van der Waals surface area contributed by atoms with Crippen LogP contribution in [0.5, 0.6) is 0 Å². The Morgan fingerprint density at radius 3 is 0.706 bits per heavy atom. The van der Waals surface area contributed by atoms with E-state index in [1.807, 2.05) is 88.4 Å². The van der Waals surface area contributed by atoms with Crippen LogP contribution in [0.15, 0.2) is 60.7 Å². The summed E-state index contributed by atoms with van der Waals surface area (Å²) in [5, 5.41) is 30.3. The molecule has 34 heavy (non-hydrogen) atoms. The average Bonchev–Trinajstić information content (AvgIpc) is 3.51. The second-order valence-electron chi connectivity index (χ2n) is 4.75. The van der Waals surface area contributed by atoms with Crippen molar-refractivity contribution in [1.29, 1.82) is 0 Å². The van der Waals surface area contributed by atoms with Crippen LogP contribution >= 0.6 is 0 Å². The van der Waals surface area contributed by atoms with Crippen LogP contribution in [0.4, 0.5) is 0 Å². The van der Waals surface area contributed by atoms with Gasteiger partial charge in [0.1, 0.15) is 0 Å². The fraction of sp³-hybridized carbons (Fsp3) is 0.615. The van der Waals surface area contributed by atoms with Gasteiger partial charge in [0.15, 0.2) is 0 Å². The summed E-state index contributed by atoms with van der Waals surface area (Å²) in [6, 6.07) is 20.0. The summed E-state index contributed by atoms with van der Waals surface area (Å²) in [6.07, 6.45) is 0. The van der Waals surface area contributed by atoms with Crippen molar-refractivity contribution in [3.05, 3.63) is 60.7 Å². The Hall–Kier alpha value is 0.226. The van der Waals surface area contributed by atoms with Crippen LogP contribution in [0.2, 0.25) is 0 Å². The largest absolute Gasteiger partial charge is 0.748 e. The molecular weight excluding hydrogens is 591 g/mol. The standard InChI is InChI=1S/2C5H5.2C4H10O.4C2H6O.2Zr/c2*1-2-4-5-3-1;2*1-3-5-4-2;4*1-2-3;;/h2*1-5H;2*3-4H2,1-2H3;4*3H,2H2,1H3;;/q-5;-1;;;;;;;;. The van der Waals surface area contributed by atoms with Crippen LogP contribution in [0, 0.1) is 0 Å². The van der Waals surface area contributed by atoms with E-state index in [-0.39, 0.29) is 78.8 Å². The van der Waals surface area contributed by atoms with E-state index >= 15 is 0 Å². The van der Waals surface area contributed by atoms with Gasteiger partial charge in [0, 0.05) is 105 Å². The molecule has 0 atom stereocenters. The van der Waals surface area contributed by atoms with Crippen molar-refractivity contribution in [1.82, 2.24) is 0 Å². The molecule has 0 saturated heterocycles. The Balaban J connectivity index is -0.0000000381. The Labute approximate surface area is 249 Å². The van der Waals surface area contributed by atoms with Crippen molar-refractivity contribution >= 4 is 0 Å². The molecule has 0 aliphatic heterocycles. The molecule has 2 aromatic carbocycles. The van der Waals surface area contributed by atoms with Crippen molar-refractivity contribution in [2.75, 3.05) is 52.9 Å².